The van der Waals surface area contributed by atoms with Gasteiger partial charge in [0.15, 0.2) is 5.78 Å². The number of Topliss-reactive ketones (excluding diaryl/α,β-unsaturated/α-hetero) is 1. The lowest BCUT2D eigenvalue weighted by Crippen LogP contribution is -2.12. The number of hydrogen-bond acceptors (Lipinski definition) is 4. The molecular weight excluding hydrogens is 182 g/mol. The summed E-state index contributed by atoms with van der Waals surface area (Å²) in [6.45, 7) is -0.0652. The number of aromatic hydroxyl groups is 1. The van der Waals surface area contributed by atoms with Gasteiger partial charge in [-0.3, -0.25) is 4.79 Å². The van der Waals surface area contributed by atoms with E-state index in [0.717, 1.165) is 0 Å². The van der Waals surface area contributed by atoms with E-state index >= 15 is 0 Å². The third-order valence-electron chi connectivity index (χ3n) is 2.04. The molecule has 0 bridgehead atoms. The summed E-state index contributed by atoms with van der Waals surface area (Å²) in [6, 6.07) is 4.60. The van der Waals surface area contributed by atoms with Gasteiger partial charge in [0, 0.05) is 5.39 Å². The first-order valence-electron chi connectivity index (χ1n) is 4.16. The molecule has 1 aromatic heterocycles. The number of ketones is 1. The average Bonchev–Trinajstić information content (AvgIpc) is 2.59. The molecule has 1 aromatic carbocycles. The normalized spacial score (nSPS) is 10.6. The van der Waals surface area contributed by atoms with E-state index in [2.05, 4.69) is 0 Å². The van der Waals surface area contributed by atoms with Crippen LogP contribution < -0.4 is 5.73 Å². The first kappa shape index (κ1) is 8.77. The van der Waals surface area contributed by atoms with Crippen LogP contribution in [0.15, 0.2) is 28.9 Å². The maximum Gasteiger partial charge on any atom is 0.180 e. The summed E-state index contributed by atoms with van der Waals surface area (Å²) < 4.78 is 5.14. The van der Waals surface area contributed by atoms with Crippen LogP contribution in [-0.4, -0.2) is 17.4 Å². The fourth-order valence-corrected chi connectivity index (χ4v) is 1.34. The van der Waals surface area contributed by atoms with Gasteiger partial charge < -0.3 is 15.3 Å². The van der Waals surface area contributed by atoms with E-state index < -0.39 is 0 Å². The zero-order valence-corrected chi connectivity index (χ0v) is 7.36. The van der Waals surface area contributed by atoms with Crippen LogP contribution >= 0.6 is 0 Å². The van der Waals surface area contributed by atoms with Crippen LogP contribution in [0.1, 0.15) is 10.4 Å². The highest BCUT2D eigenvalue weighted by atomic mass is 16.3. The second-order valence-corrected chi connectivity index (χ2v) is 2.96. The van der Waals surface area contributed by atoms with Crippen molar-refractivity contribution in [2.75, 3.05) is 6.54 Å². The van der Waals surface area contributed by atoms with Crippen molar-refractivity contribution >= 4 is 16.8 Å². The van der Waals surface area contributed by atoms with Crippen molar-refractivity contribution in [1.82, 2.24) is 0 Å². The van der Waals surface area contributed by atoms with Crippen LogP contribution in [0.4, 0.5) is 0 Å². The number of carbonyl (C=O) groups excluding carboxylic acids is 1. The van der Waals surface area contributed by atoms with Crippen LogP contribution in [0.3, 0.4) is 0 Å². The van der Waals surface area contributed by atoms with Gasteiger partial charge in [-0.15, -0.1) is 0 Å². The standard InChI is InChI=1S/C10H9NO3/c11-4-9(13)8-5-14-10-2-1-6(12)3-7(8)10/h1-3,5,12H,4,11H2. The molecular formula is C10H9NO3. The van der Waals surface area contributed by atoms with Gasteiger partial charge in [-0.2, -0.15) is 0 Å². The van der Waals surface area contributed by atoms with Gasteiger partial charge in [0.05, 0.1) is 12.1 Å². The van der Waals surface area contributed by atoms with Gasteiger partial charge in [0.25, 0.3) is 0 Å². The molecule has 1 heterocycles. The zero-order valence-electron chi connectivity index (χ0n) is 7.36. The molecule has 0 fully saturated rings. The zero-order chi connectivity index (χ0) is 10.1. The number of furan rings is 1. The number of nitrogens with two attached hydrogens (primary N) is 1. The largest absolute Gasteiger partial charge is 0.508 e. The lowest BCUT2D eigenvalue weighted by Gasteiger charge is -1.94. The number of hydrogen-bond donors (Lipinski definition) is 2. The van der Waals surface area contributed by atoms with Crippen LogP contribution in [0.25, 0.3) is 11.0 Å². The minimum atomic E-state index is -0.200. The number of phenols is 1. The molecule has 72 valence electrons. The Balaban J connectivity index is 2.67. The maximum absolute atomic E-state index is 11.3. The number of carbonyl (C=O) groups is 1. The Morgan fingerprint density at radius 2 is 2.29 bits per heavy atom. The van der Waals surface area contributed by atoms with Crippen molar-refractivity contribution in [3.8, 4) is 5.75 Å². The van der Waals surface area contributed by atoms with Crippen molar-refractivity contribution in [3.63, 3.8) is 0 Å². The molecule has 0 saturated heterocycles. The summed E-state index contributed by atoms with van der Waals surface area (Å²) in [7, 11) is 0. The lowest BCUT2D eigenvalue weighted by atomic mass is 10.1. The highest BCUT2D eigenvalue weighted by molar-refractivity contribution is 6.08. The highest BCUT2D eigenvalue weighted by Crippen LogP contribution is 2.25. The summed E-state index contributed by atoms with van der Waals surface area (Å²) in [5.41, 5.74) is 6.22. The monoisotopic (exact) mass is 191 g/mol. The van der Waals surface area contributed by atoms with E-state index in [4.69, 9.17) is 10.2 Å². The molecule has 0 aliphatic carbocycles. The molecule has 0 radical (unpaired) electrons. The van der Waals surface area contributed by atoms with Crippen molar-refractivity contribution in [3.05, 3.63) is 30.0 Å². The van der Waals surface area contributed by atoms with E-state index in [-0.39, 0.29) is 18.1 Å². The predicted molar refractivity (Wildman–Crippen MR) is 51.3 cm³/mol. The fraction of sp³-hybridized carbons (Fsp3) is 0.100. The van der Waals surface area contributed by atoms with E-state index in [9.17, 15) is 9.90 Å². The Morgan fingerprint density at radius 1 is 1.50 bits per heavy atom. The Morgan fingerprint density at radius 3 is 3.00 bits per heavy atom. The van der Waals surface area contributed by atoms with Crippen LogP contribution in [0, 0.1) is 0 Å². The minimum absolute atomic E-state index is 0.0652. The number of phenolic OH excluding ortho intramolecular Hbond substituents is 1. The molecule has 0 aliphatic rings. The second-order valence-electron chi connectivity index (χ2n) is 2.96. The Hall–Kier alpha value is -1.81. The van der Waals surface area contributed by atoms with Gasteiger partial charge in [0.2, 0.25) is 0 Å². The quantitative estimate of drug-likeness (QED) is 0.701. The van der Waals surface area contributed by atoms with E-state index in [0.29, 0.717) is 16.5 Å². The molecule has 2 rings (SSSR count). The third-order valence-corrected chi connectivity index (χ3v) is 2.04. The summed E-state index contributed by atoms with van der Waals surface area (Å²) >= 11 is 0. The Bertz CT molecular complexity index is 487. The van der Waals surface area contributed by atoms with Gasteiger partial charge >= 0.3 is 0 Å². The summed E-state index contributed by atoms with van der Waals surface area (Å²) in [5.74, 6) is -0.0979. The third kappa shape index (κ3) is 1.25. The molecule has 0 atom stereocenters. The topological polar surface area (TPSA) is 76.5 Å². The minimum Gasteiger partial charge on any atom is -0.508 e. The molecule has 0 spiro atoms. The molecule has 3 N–H and O–H groups in total. The van der Waals surface area contributed by atoms with Crippen molar-refractivity contribution in [2.24, 2.45) is 5.73 Å². The molecule has 4 heteroatoms. The fourth-order valence-electron chi connectivity index (χ4n) is 1.34. The Labute approximate surface area is 79.9 Å². The smallest absolute Gasteiger partial charge is 0.180 e. The van der Waals surface area contributed by atoms with Gasteiger partial charge in [0.1, 0.15) is 17.6 Å². The Kier molecular flexibility index (Phi) is 1.98. The number of rotatable bonds is 2. The summed E-state index contributed by atoms with van der Waals surface area (Å²) in [5, 5.41) is 9.84. The molecule has 0 unspecified atom stereocenters. The van der Waals surface area contributed by atoms with Crippen LogP contribution in [-0.2, 0) is 0 Å². The van der Waals surface area contributed by atoms with Crippen molar-refractivity contribution in [1.29, 1.82) is 0 Å². The molecule has 14 heavy (non-hydrogen) atoms. The van der Waals surface area contributed by atoms with Gasteiger partial charge in [-0.25, -0.2) is 0 Å². The predicted octanol–water partition coefficient (Wildman–Crippen LogP) is 1.28. The summed E-state index contributed by atoms with van der Waals surface area (Å²) in [4.78, 5) is 11.3. The van der Waals surface area contributed by atoms with Crippen molar-refractivity contribution in [2.45, 2.75) is 0 Å². The maximum atomic E-state index is 11.3. The van der Waals surface area contributed by atoms with E-state index in [1.165, 1.54) is 18.4 Å². The van der Waals surface area contributed by atoms with Crippen molar-refractivity contribution < 1.29 is 14.3 Å². The second kappa shape index (κ2) is 3.16. The molecule has 0 amide bonds. The van der Waals surface area contributed by atoms with Crippen LogP contribution in [0.2, 0.25) is 0 Å². The number of benzene rings is 1. The molecule has 2 aromatic rings. The van der Waals surface area contributed by atoms with E-state index in [1.807, 2.05) is 0 Å². The first-order chi connectivity index (χ1) is 6.72. The SMILES string of the molecule is NCC(=O)c1coc2ccc(O)cc12. The average molecular weight is 191 g/mol. The first-order valence-corrected chi connectivity index (χ1v) is 4.16. The highest BCUT2D eigenvalue weighted by Gasteiger charge is 2.12. The lowest BCUT2D eigenvalue weighted by molar-refractivity contribution is 0.100. The van der Waals surface area contributed by atoms with E-state index in [1.54, 1.807) is 6.07 Å². The van der Waals surface area contributed by atoms with Crippen LogP contribution in [0.5, 0.6) is 5.75 Å². The number of fused-ring (bicyclic) bond motifs is 1. The molecule has 4 nitrogen and oxygen atoms in total. The molecule has 0 aliphatic heterocycles. The molecule has 0 saturated carbocycles. The van der Waals surface area contributed by atoms with Gasteiger partial charge in [-0.1, -0.05) is 0 Å². The van der Waals surface area contributed by atoms with Gasteiger partial charge in [-0.05, 0) is 18.2 Å². The summed E-state index contributed by atoms with van der Waals surface area (Å²) in [6.07, 6.45) is 1.36.